The Morgan fingerprint density at radius 2 is 1.80 bits per heavy atom. The van der Waals surface area contributed by atoms with Crippen molar-refractivity contribution in [2.75, 3.05) is 39.3 Å². The van der Waals surface area contributed by atoms with Gasteiger partial charge in [-0.25, -0.2) is 0 Å². The number of hydrogen-bond donors (Lipinski definition) is 2. The Bertz CT molecular complexity index is 453. The van der Waals surface area contributed by atoms with Crippen molar-refractivity contribution < 1.29 is 18.3 Å². The number of likely N-dealkylation sites (N-methyl/N-ethyl adjacent to an activating group) is 1. The maximum Gasteiger partial charge on any atom is 0.418 e. The van der Waals surface area contributed by atoms with Crippen LogP contribution in [0.15, 0.2) is 23.4 Å². The van der Waals surface area contributed by atoms with Gasteiger partial charge >= 0.3 is 6.18 Å². The molecule has 1 fully saturated rings. The summed E-state index contributed by atoms with van der Waals surface area (Å²) in [5, 5.41) is 12.4. The van der Waals surface area contributed by atoms with Gasteiger partial charge in [0.1, 0.15) is 0 Å². The van der Waals surface area contributed by atoms with Gasteiger partial charge in [0.25, 0.3) is 0 Å². The van der Waals surface area contributed by atoms with Crippen molar-refractivity contribution in [3.8, 4) is 0 Å². The Labute approximate surface area is 149 Å². The lowest BCUT2D eigenvalue weighted by Gasteiger charge is -2.38. The number of nitrogens with zero attached hydrogens (tertiary/aromatic N) is 2. The van der Waals surface area contributed by atoms with Gasteiger partial charge in [0.2, 0.25) is 0 Å². The predicted octanol–water partition coefficient (Wildman–Crippen LogP) is 2.77. The first kappa shape index (κ1) is 22.0. The van der Waals surface area contributed by atoms with Crippen molar-refractivity contribution in [2.45, 2.75) is 52.4 Å². The molecule has 0 radical (unpaired) electrons. The Hall–Kier alpha value is -1.05. The highest BCUT2D eigenvalue weighted by molar-refractivity contribution is 5.35. The molecule has 146 valence electrons. The topological polar surface area (TPSA) is 38.7 Å². The SMILES string of the molecule is C/C=C(\C(=C/C(CC)NCC(C)O)C(F)(F)F)N1CCN(CC)CC1. The van der Waals surface area contributed by atoms with Gasteiger partial charge in [0.05, 0.1) is 11.7 Å². The maximum atomic E-state index is 13.7. The van der Waals surface area contributed by atoms with Crippen LogP contribution in [0, 0.1) is 0 Å². The van der Waals surface area contributed by atoms with E-state index in [1.165, 1.54) is 6.08 Å². The van der Waals surface area contributed by atoms with E-state index in [9.17, 15) is 18.3 Å². The number of halogens is 3. The zero-order chi connectivity index (χ0) is 19.0. The molecule has 7 heteroatoms. The Morgan fingerprint density at radius 1 is 1.20 bits per heavy atom. The molecule has 25 heavy (non-hydrogen) atoms. The van der Waals surface area contributed by atoms with Crippen LogP contribution < -0.4 is 5.32 Å². The molecule has 0 aromatic carbocycles. The highest BCUT2D eigenvalue weighted by atomic mass is 19.4. The molecule has 1 rings (SSSR count). The Balaban J connectivity index is 3.01. The largest absolute Gasteiger partial charge is 0.418 e. The number of hydrogen-bond acceptors (Lipinski definition) is 4. The summed E-state index contributed by atoms with van der Waals surface area (Å²) in [6.45, 7) is 11.1. The summed E-state index contributed by atoms with van der Waals surface area (Å²) in [5.74, 6) is 0. The highest BCUT2D eigenvalue weighted by Gasteiger charge is 2.38. The second-order valence-corrected chi connectivity index (χ2v) is 6.45. The molecule has 1 heterocycles. The van der Waals surface area contributed by atoms with Gasteiger partial charge < -0.3 is 20.2 Å². The summed E-state index contributed by atoms with van der Waals surface area (Å²) in [6, 6.07) is -0.432. The van der Waals surface area contributed by atoms with Crippen LogP contribution in [0.2, 0.25) is 0 Å². The van der Waals surface area contributed by atoms with Crippen molar-refractivity contribution in [1.29, 1.82) is 0 Å². The number of aliphatic hydroxyl groups is 1. The van der Waals surface area contributed by atoms with Gasteiger partial charge in [-0.2, -0.15) is 13.2 Å². The fraction of sp³-hybridized carbons (Fsp3) is 0.778. The van der Waals surface area contributed by atoms with Crippen molar-refractivity contribution in [3.05, 3.63) is 23.4 Å². The average molecular weight is 363 g/mol. The van der Waals surface area contributed by atoms with Crippen LogP contribution in [-0.2, 0) is 0 Å². The molecule has 0 aromatic heterocycles. The molecule has 0 spiro atoms. The van der Waals surface area contributed by atoms with Gasteiger partial charge in [-0.15, -0.1) is 0 Å². The molecule has 2 atom stereocenters. The summed E-state index contributed by atoms with van der Waals surface area (Å²) in [5.41, 5.74) is -0.342. The van der Waals surface area contributed by atoms with Crippen LogP contribution in [0.1, 0.15) is 34.1 Å². The normalized spacial score (nSPS) is 20.7. The van der Waals surface area contributed by atoms with Crippen LogP contribution in [0.25, 0.3) is 0 Å². The van der Waals surface area contributed by atoms with Gasteiger partial charge in [-0.3, -0.25) is 0 Å². The lowest BCUT2D eigenvalue weighted by molar-refractivity contribution is -0.0923. The van der Waals surface area contributed by atoms with E-state index in [1.54, 1.807) is 19.9 Å². The third kappa shape index (κ3) is 6.99. The summed E-state index contributed by atoms with van der Waals surface area (Å²) < 4.78 is 41.2. The average Bonchev–Trinajstić information content (AvgIpc) is 2.57. The molecule has 0 bridgehead atoms. The molecular formula is C18H32F3N3O. The smallest absolute Gasteiger partial charge is 0.392 e. The predicted molar refractivity (Wildman–Crippen MR) is 95.3 cm³/mol. The second kappa shape index (κ2) is 10.2. The first-order valence-electron chi connectivity index (χ1n) is 9.07. The molecule has 1 aliphatic rings. The fourth-order valence-electron chi connectivity index (χ4n) is 2.98. The van der Waals surface area contributed by atoms with Crippen LogP contribution in [0.3, 0.4) is 0 Å². The number of nitrogens with one attached hydrogen (secondary N) is 1. The van der Waals surface area contributed by atoms with Crippen LogP contribution >= 0.6 is 0 Å². The van der Waals surface area contributed by atoms with Gasteiger partial charge in [0, 0.05) is 44.5 Å². The summed E-state index contributed by atoms with van der Waals surface area (Å²) in [6.07, 6.45) is -1.66. The van der Waals surface area contributed by atoms with Crippen molar-refractivity contribution in [3.63, 3.8) is 0 Å². The van der Waals surface area contributed by atoms with E-state index >= 15 is 0 Å². The number of rotatable bonds is 8. The zero-order valence-electron chi connectivity index (χ0n) is 15.7. The second-order valence-electron chi connectivity index (χ2n) is 6.45. The highest BCUT2D eigenvalue weighted by Crippen LogP contribution is 2.34. The fourth-order valence-corrected chi connectivity index (χ4v) is 2.98. The Kier molecular flexibility index (Phi) is 8.96. The summed E-state index contributed by atoms with van der Waals surface area (Å²) in [7, 11) is 0. The number of allylic oxidation sites excluding steroid dienone is 2. The minimum Gasteiger partial charge on any atom is -0.392 e. The Morgan fingerprint density at radius 3 is 2.20 bits per heavy atom. The molecule has 0 amide bonds. The van der Waals surface area contributed by atoms with E-state index in [1.807, 2.05) is 11.8 Å². The van der Waals surface area contributed by atoms with Gasteiger partial charge in [-0.1, -0.05) is 26.0 Å². The third-order valence-electron chi connectivity index (χ3n) is 4.50. The molecule has 0 aliphatic carbocycles. The monoisotopic (exact) mass is 363 g/mol. The lowest BCUT2D eigenvalue weighted by atomic mass is 10.0. The van der Waals surface area contributed by atoms with Gasteiger partial charge in [-0.05, 0) is 26.8 Å². The zero-order valence-corrected chi connectivity index (χ0v) is 15.7. The minimum absolute atomic E-state index is 0.251. The molecule has 1 aliphatic heterocycles. The van der Waals surface area contributed by atoms with Crippen molar-refractivity contribution in [1.82, 2.24) is 15.1 Å². The summed E-state index contributed by atoms with van der Waals surface area (Å²) in [4.78, 5) is 4.06. The quantitative estimate of drug-likeness (QED) is 0.651. The molecule has 2 unspecified atom stereocenters. The van der Waals surface area contributed by atoms with E-state index < -0.39 is 23.9 Å². The molecule has 2 N–H and O–H groups in total. The molecule has 0 aromatic rings. The van der Waals surface area contributed by atoms with E-state index in [-0.39, 0.29) is 12.2 Å². The van der Waals surface area contributed by atoms with Crippen molar-refractivity contribution >= 4 is 0 Å². The maximum absolute atomic E-state index is 13.7. The van der Waals surface area contributed by atoms with E-state index in [0.29, 0.717) is 19.5 Å². The first-order valence-corrected chi connectivity index (χ1v) is 9.07. The molecular weight excluding hydrogens is 331 g/mol. The van der Waals surface area contributed by atoms with Crippen LogP contribution in [0.4, 0.5) is 13.2 Å². The van der Waals surface area contributed by atoms with E-state index in [2.05, 4.69) is 17.1 Å². The number of piperazine rings is 1. The van der Waals surface area contributed by atoms with Crippen molar-refractivity contribution in [2.24, 2.45) is 0 Å². The summed E-state index contributed by atoms with van der Waals surface area (Å²) >= 11 is 0. The first-order chi connectivity index (χ1) is 11.7. The lowest BCUT2D eigenvalue weighted by Crippen LogP contribution is -2.46. The van der Waals surface area contributed by atoms with E-state index in [0.717, 1.165) is 19.6 Å². The molecule has 4 nitrogen and oxygen atoms in total. The number of aliphatic hydroxyl groups excluding tert-OH is 1. The standard InChI is InChI=1S/C18H32F3N3O/c1-5-15(22-13-14(4)25)12-16(18(19,20)21)17(6-2)24-10-8-23(7-3)9-11-24/h6,12,14-15,22,25H,5,7-11,13H2,1-4H3/b16-12+,17-6+. The van der Waals surface area contributed by atoms with E-state index in [4.69, 9.17) is 0 Å². The van der Waals surface area contributed by atoms with Crippen LogP contribution in [0.5, 0.6) is 0 Å². The minimum atomic E-state index is -4.41. The van der Waals surface area contributed by atoms with Gasteiger partial charge in [0.15, 0.2) is 0 Å². The van der Waals surface area contributed by atoms with Crippen LogP contribution in [-0.4, -0.2) is 72.5 Å². The molecule has 0 saturated carbocycles. The molecule has 1 saturated heterocycles. The number of alkyl halides is 3. The third-order valence-corrected chi connectivity index (χ3v) is 4.50.